The van der Waals surface area contributed by atoms with Gasteiger partial charge in [-0.2, -0.15) is 0 Å². The van der Waals surface area contributed by atoms with E-state index in [9.17, 15) is 4.79 Å². The van der Waals surface area contributed by atoms with Crippen LogP contribution in [0.4, 0.5) is 5.69 Å². The van der Waals surface area contributed by atoms with Gasteiger partial charge in [0.2, 0.25) is 5.89 Å². The van der Waals surface area contributed by atoms with Gasteiger partial charge in [0, 0.05) is 21.3 Å². The van der Waals surface area contributed by atoms with Gasteiger partial charge < -0.3 is 9.73 Å². The maximum atomic E-state index is 13.0. The molecule has 1 amide bonds. The highest BCUT2D eigenvalue weighted by Crippen LogP contribution is 2.30. The lowest BCUT2D eigenvalue weighted by Gasteiger charge is -2.18. The molecule has 5 aromatic rings. The lowest BCUT2D eigenvalue weighted by atomic mass is 9.87. The first-order chi connectivity index (χ1) is 15.8. The van der Waals surface area contributed by atoms with Gasteiger partial charge in [-0.25, -0.2) is 4.98 Å². The molecule has 0 radical (unpaired) electrons. The fourth-order valence-corrected chi connectivity index (χ4v) is 4.41. The lowest BCUT2D eigenvalue weighted by Crippen LogP contribution is -2.12. The summed E-state index contributed by atoms with van der Waals surface area (Å²) in [6.07, 6.45) is 0. The summed E-state index contributed by atoms with van der Waals surface area (Å²) in [5.41, 5.74) is 4.93. The average molecular weight is 499 g/mol. The van der Waals surface area contributed by atoms with Crippen LogP contribution in [0.2, 0.25) is 0 Å². The van der Waals surface area contributed by atoms with Crippen LogP contribution in [0.15, 0.2) is 87.8 Å². The van der Waals surface area contributed by atoms with Crippen LogP contribution >= 0.6 is 15.9 Å². The molecule has 0 fully saturated rings. The Labute approximate surface area is 200 Å². The number of hydrogen-bond acceptors (Lipinski definition) is 3. The minimum atomic E-state index is -0.167. The predicted molar refractivity (Wildman–Crippen MR) is 138 cm³/mol. The number of carbonyl (C=O) groups excluding carboxylic acids is 1. The molecular weight excluding hydrogens is 476 g/mol. The van der Waals surface area contributed by atoms with Crippen LogP contribution < -0.4 is 5.32 Å². The highest BCUT2D eigenvalue weighted by molar-refractivity contribution is 9.10. The minimum absolute atomic E-state index is 0.0904. The third kappa shape index (κ3) is 4.16. The zero-order valence-electron chi connectivity index (χ0n) is 18.6. The summed E-state index contributed by atoms with van der Waals surface area (Å²) in [6, 6.07) is 25.4. The molecule has 0 bridgehead atoms. The average Bonchev–Trinajstić information content (AvgIpc) is 3.22. The number of fused-ring (bicyclic) bond motifs is 2. The van der Waals surface area contributed by atoms with Gasteiger partial charge in [0.15, 0.2) is 5.58 Å². The Kier molecular flexibility index (Phi) is 5.29. The molecule has 1 N–H and O–H groups in total. The molecule has 5 heteroatoms. The molecular formula is C28H23BrN2O2. The Morgan fingerprint density at radius 1 is 0.909 bits per heavy atom. The number of oxazole rings is 1. The third-order valence-electron chi connectivity index (χ3n) is 5.76. The van der Waals surface area contributed by atoms with E-state index in [1.165, 1.54) is 5.56 Å². The van der Waals surface area contributed by atoms with Crippen LogP contribution in [0.3, 0.4) is 0 Å². The zero-order valence-corrected chi connectivity index (χ0v) is 20.2. The summed E-state index contributed by atoms with van der Waals surface area (Å²) >= 11 is 3.56. The number of benzene rings is 4. The van der Waals surface area contributed by atoms with Crippen molar-refractivity contribution in [2.75, 3.05) is 5.32 Å². The Hall–Kier alpha value is -3.44. The first-order valence-electron chi connectivity index (χ1n) is 10.8. The first kappa shape index (κ1) is 21.4. The molecule has 0 spiro atoms. The van der Waals surface area contributed by atoms with Crippen molar-refractivity contribution < 1.29 is 9.21 Å². The number of hydrogen-bond donors (Lipinski definition) is 1. The van der Waals surface area contributed by atoms with E-state index in [0.29, 0.717) is 28.2 Å². The summed E-state index contributed by atoms with van der Waals surface area (Å²) in [4.78, 5) is 17.7. The SMILES string of the molecule is CC(C)(C)c1ccc(-c2nc3cc(NC(=O)c4cccc5c(Br)cccc45)ccc3o2)cc1. The monoisotopic (exact) mass is 498 g/mol. The lowest BCUT2D eigenvalue weighted by molar-refractivity contribution is 0.102. The molecule has 4 nitrogen and oxygen atoms in total. The van der Waals surface area contributed by atoms with Crippen LogP contribution in [0.1, 0.15) is 36.7 Å². The zero-order chi connectivity index (χ0) is 23.2. The number of anilines is 1. The number of carbonyl (C=O) groups is 1. The minimum Gasteiger partial charge on any atom is -0.436 e. The second-order valence-electron chi connectivity index (χ2n) is 9.12. The van der Waals surface area contributed by atoms with E-state index in [0.717, 1.165) is 20.8 Å². The van der Waals surface area contributed by atoms with Crippen molar-refractivity contribution in [1.29, 1.82) is 0 Å². The smallest absolute Gasteiger partial charge is 0.256 e. The topological polar surface area (TPSA) is 55.1 Å². The Morgan fingerprint density at radius 3 is 2.39 bits per heavy atom. The second kappa shape index (κ2) is 8.16. The van der Waals surface area contributed by atoms with E-state index in [1.54, 1.807) is 0 Å². The Bertz CT molecular complexity index is 1490. The maximum absolute atomic E-state index is 13.0. The summed E-state index contributed by atoms with van der Waals surface area (Å²) in [7, 11) is 0. The molecule has 0 aliphatic heterocycles. The van der Waals surface area contributed by atoms with Crippen LogP contribution in [-0.2, 0) is 5.41 Å². The van der Waals surface area contributed by atoms with Crippen molar-refractivity contribution in [3.8, 4) is 11.5 Å². The van der Waals surface area contributed by atoms with E-state index in [-0.39, 0.29) is 11.3 Å². The normalized spacial score (nSPS) is 11.8. The summed E-state index contributed by atoms with van der Waals surface area (Å²) < 4.78 is 6.93. The van der Waals surface area contributed by atoms with Crippen LogP contribution in [0.25, 0.3) is 33.3 Å². The fourth-order valence-electron chi connectivity index (χ4n) is 3.91. The van der Waals surface area contributed by atoms with Gasteiger partial charge in [-0.3, -0.25) is 4.79 Å². The summed E-state index contributed by atoms with van der Waals surface area (Å²) in [5.74, 6) is 0.396. The van der Waals surface area contributed by atoms with Crippen molar-refractivity contribution in [2.24, 2.45) is 0 Å². The van der Waals surface area contributed by atoms with Crippen LogP contribution in [-0.4, -0.2) is 10.9 Å². The number of nitrogens with zero attached hydrogens (tertiary/aromatic N) is 1. The molecule has 5 rings (SSSR count). The van der Waals surface area contributed by atoms with E-state index in [2.05, 4.69) is 59.1 Å². The predicted octanol–water partition coefficient (Wildman–Crippen LogP) is 7.96. The molecule has 0 unspecified atom stereocenters. The molecule has 0 aliphatic rings. The van der Waals surface area contributed by atoms with Crippen molar-refractivity contribution in [3.05, 3.63) is 94.5 Å². The standard InChI is InChI=1S/C28H23BrN2O2/c1-28(2,3)18-12-10-17(11-13-18)27-31-24-16-19(14-15-25(24)33-27)30-26(32)22-8-4-7-21-20(22)6-5-9-23(21)29/h4-16H,1-3H3,(H,30,32). The quantitative estimate of drug-likeness (QED) is 0.274. The molecule has 1 heterocycles. The Morgan fingerprint density at radius 2 is 1.64 bits per heavy atom. The number of nitrogens with one attached hydrogen (secondary N) is 1. The molecule has 164 valence electrons. The van der Waals surface area contributed by atoms with Crippen LogP contribution in [0, 0.1) is 0 Å². The van der Waals surface area contributed by atoms with E-state index in [1.807, 2.05) is 66.7 Å². The number of rotatable bonds is 3. The molecule has 0 saturated carbocycles. The molecule has 0 saturated heterocycles. The number of amides is 1. The second-order valence-corrected chi connectivity index (χ2v) is 9.98. The van der Waals surface area contributed by atoms with E-state index in [4.69, 9.17) is 4.42 Å². The Balaban J connectivity index is 1.43. The van der Waals surface area contributed by atoms with Crippen molar-refractivity contribution in [2.45, 2.75) is 26.2 Å². The number of aromatic nitrogens is 1. The maximum Gasteiger partial charge on any atom is 0.256 e. The highest BCUT2D eigenvalue weighted by Gasteiger charge is 2.16. The van der Waals surface area contributed by atoms with Crippen molar-refractivity contribution >= 4 is 49.4 Å². The third-order valence-corrected chi connectivity index (χ3v) is 6.45. The molecule has 33 heavy (non-hydrogen) atoms. The van der Waals surface area contributed by atoms with Crippen molar-refractivity contribution in [1.82, 2.24) is 4.98 Å². The van der Waals surface area contributed by atoms with Gasteiger partial charge >= 0.3 is 0 Å². The molecule has 4 aromatic carbocycles. The van der Waals surface area contributed by atoms with E-state index < -0.39 is 0 Å². The van der Waals surface area contributed by atoms with E-state index >= 15 is 0 Å². The van der Waals surface area contributed by atoms with Gasteiger partial charge in [0.1, 0.15) is 5.52 Å². The van der Waals surface area contributed by atoms with Crippen molar-refractivity contribution in [3.63, 3.8) is 0 Å². The van der Waals surface area contributed by atoms with Gasteiger partial charge in [-0.1, -0.05) is 73.1 Å². The van der Waals surface area contributed by atoms with Crippen LogP contribution in [0.5, 0.6) is 0 Å². The van der Waals surface area contributed by atoms with Gasteiger partial charge in [0.25, 0.3) is 5.91 Å². The van der Waals surface area contributed by atoms with Gasteiger partial charge in [-0.05, 0) is 64.2 Å². The number of halogens is 1. The largest absolute Gasteiger partial charge is 0.436 e. The highest BCUT2D eigenvalue weighted by atomic mass is 79.9. The molecule has 0 aliphatic carbocycles. The first-order valence-corrected chi connectivity index (χ1v) is 11.6. The van der Waals surface area contributed by atoms with Gasteiger partial charge in [0.05, 0.1) is 0 Å². The molecule has 1 aromatic heterocycles. The fraction of sp³-hybridized carbons (Fsp3) is 0.143. The molecule has 0 atom stereocenters. The summed E-state index contributed by atoms with van der Waals surface area (Å²) in [6.45, 7) is 6.57. The van der Waals surface area contributed by atoms with Gasteiger partial charge in [-0.15, -0.1) is 0 Å². The summed E-state index contributed by atoms with van der Waals surface area (Å²) in [5, 5.41) is 4.89.